The van der Waals surface area contributed by atoms with Crippen molar-refractivity contribution < 1.29 is 14.3 Å². The highest BCUT2D eigenvalue weighted by atomic mass is 35.5. The molecule has 0 aliphatic heterocycles. The second kappa shape index (κ2) is 9.13. The van der Waals surface area contributed by atoms with Crippen molar-refractivity contribution in [3.8, 4) is 16.6 Å². The van der Waals surface area contributed by atoms with E-state index in [2.05, 4.69) is 10.3 Å². The molecule has 1 N–H and O–H groups in total. The molecule has 140 valence electrons. The highest BCUT2D eigenvalue weighted by molar-refractivity contribution is 7.13. The monoisotopic (exact) mass is 411 g/mol. The predicted octanol–water partition coefficient (Wildman–Crippen LogP) is 4.67. The molecule has 0 aliphatic rings. The first kappa shape index (κ1) is 19.5. The van der Waals surface area contributed by atoms with Gasteiger partial charge in [0.1, 0.15) is 18.0 Å². The Kier molecular flexibility index (Phi) is 6.37. The molecule has 0 spiro atoms. The first-order chi connectivity index (χ1) is 13.6. The van der Waals surface area contributed by atoms with Crippen LogP contribution in [0.25, 0.3) is 10.6 Å². The van der Waals surface area contributed by atoms with Crippen LogP contribution in [0.2, 0.25) is 5.02 Å². The number of hydrogen-bond donors (Lipinski definition) is 1. The van der Waals surface area contributed by atoms with Crippen molar-refractivity contribution in [1.29, 1.82) is 5.26 Å². The smallest absolute Gasteiger partial charge is 0.338 e. The molecule has 3 aromatic rings. The second-order valence-corrected chi connectivity index (χ2v) is 6.93. The fourth-order valence-electron chi connectivity index (χ4n) is 2.32. The van der Waals surface area contributed by atoms with E-state index in [0.717, 1.165) is 10.6 Å². The van der Waals surface area contributed by atoms with Crippen LogP contribution in [0.4, 0.5) is 5.69 Å². The van der Waals surface area contributed by atoms with Crippen LogP contribution in [0.1, 0.15) is 22.5 Å². The summed E-state index contributed by atoms with van der Waals surface area (Å²) < 4.78 is 5.29. The molecule has 0 radical (unpaired) electrons. The molecule has 1 aromatic heterocycles. The first-order valence-electron chi connectivity index (χ1n) is 8.20. The Bertz CT molecular complexity index is 1040. The fraction of sp³-hybridized carbons (Fsp3) is 0.100. The van der Waals surface area contributed by atoms with Gasteiger partial charge in [0.05, 0.1) is 22.3 Å². The molecular weight excluding hydrogens is 398 g/mol. The van der Waals surface area contributed by atoms with E-state index < -0.39 is 11.9 Å². The minimum absolute atomic E-state index is 0.0421. The Hall–Kier alpha value is -3.21. The van der Waals surface area contributed by atoms with E-state index in [1.807, 2.05) is 23.6 Å². The number of nitrogens with zero attached hydrogens (tertiary/aromatic N) is 2. The molecule has 0 fully saturated rings. The topological polar surface area (TPSA) is 92.1 Å². The van der Waals surface area contributed by atoms with Crippen molar-refractivity contribution in [3.05, 3.63) is 70.2 Å². The molecule has 0 bridgehead atoms. The van der Waals surface area contributed by atoms with Crippen LogP contribution in [0.3, 0.4) is 0 Å². The molecule has 0 aliphatic carbocycles. The van der Waals surface area contributed by atoms with Gasteiger partial charge in [0.15, 0.2) is 0 Å². The summed E-state index contributed by atoms with van der Waals surface area (Å²) in [6.45, 7) is 0.0421. The maximum absolute atomic E-state index is 12.2. The summed E-state index contributed by atoms with van der Waals surface area (Å²) in [6.07, 6.45) is -0.229. The van der Waals surface area contributed by atoms with Crippen LogP contribution in [-0.2, 0) is 16.1 Å². The van der Waals surface area contributed by atoms with Gasteiger partial charge in [-0.05, 0) is 30.3 Å². The average Bonchev–Trinajstić information content (AvgIpc) is 3.16. The van der Waals surface area contributed by atoms with Crippen LogP contribution in [0, 0.1) is 11.3 Å². The van der Waals surface area contributed by atoms with Crippen molar-refractivity contribution in [2.75, 3.05) is 5.32 Å². The average molecular weight is 412 g/mol. The summed E-state index contributed by atoms with van der Waals surface area (Å²) >= 11 is 7.60. The third kappa shape index (κ3) is 4.94. The number of thiazole rings is 1. The Labute approximate surface area is 170 Å². The third-order valence-electron chi connectivity index (χ3n) is 3.65. The number of hydrogen-bond acceptors (Lipinski definition) is 6. The van der Waals surface area contributed by atoms with Gasteiger partial charge in [-0.2, -0.15) is 5.26 Å². The summed E-state index contributed by atoms with van der Waals surface area (Å²) in [5, 5.41) is 14.2. The zero-order valence-electron chi connectivity index (χ0n) is 14.5. The lowest BCUT2D eigenvalue weighted by molar-refractivity contribution is -0.115. The molecule has 6 nitrogen and oxygen atoms in total. The van der Waals surface area contributed by atoms with E-state index >= 15 is 0 Å². The number of rotatable bonds is 6. The minimum atomic E-state index is -0.498. The minimum Gasteiger partial charge on any atom is -0.456 e. The van der Waals surface area contributed by atoms with Gasteiger partial charge in [0.2, 0.25) is 5.91 Å². The lowest BCUT2D eigenvalue weighted by atomic mass is 10.2. The standard InChI is InChI=1S/C20H14ClN3O3S/c21-17-4-2-1-3-16(17)19-24-15(12-28-19)11-27-20(26)13-5-7-14(8-6-13)23-18(25)9-10-22/h1-8,12H,9,11H2,(H,23,25). The zero-order chi connectivity index (χ0) is 19.9. The van der Waals surface area contributed by atoms with E-state index in [1.165, 1.54) is 11.3 Å². The number of nitriles is 1. The number of aromatic nitrogens is 1. The molecule has 2 aromatic carbocycles. The van der Waals surface area contributed by atoms with E-state index in [4.69, 9.17) is 21.6 Å². The van der Waals surface area contributed by atoms with Gasteiger partial charge in [-0.1, -0.05) is 29.8 Å². The quantitative estimate of drug-likeness (QED) is 0.595. The van der Waals surface area contributed by atoms with Crippen LogP contribution in [0.5, 0.6) is 0 Å². The van der Waals surface area contributed by atoms with E-state index in [1.54, 1.807) is 36.4 Å². The van der Waals surface area contributed by atoms with Crippen molar-refractivity contribution in [1.82, 2.24) is 4.98 Å². The summed E-state index contributed by atoms with van der Waals surface area (Å²) in [5.41, 5.74) is 2.31. The predicted molar refractivity (Wildman–Crippen MR) is 107 cm³/mol. The van der Waals surface area contributed by atoms with E-state index in [9.17, 15) is 9.59 Å². The molecule has 28 heavy (non-hydrogen) atoms. The molecule has 1 heterocycles. The zero-order valence-corrected chi connectivity index (χ0v) is 16.1. The van der Waals surface area contributed by atoms with Crippen LogP contribution in [-0.4, -0.2) is 16.9 Å². The van der Waals surface area contributed by atoms with Gasteiger partial charge < -0.3 is 10.1 Å². The van der Waals surface area contributed by atoms with Crippen molar-refractivity contribution in [3.63, 3.8) is 0 Å². The molecule has 1 amide bonds. The Balaban J connectivity index is 1.58. The number of benzene rings is 2. The summed E-state index contributed by atoms with van der Waals surface area (Å²) in [5.74, 6) is -0.905. The molecule has 0 saturated carbocycles. The molecule has 0 saturated heterocycles. The number of carbonyl (C=O) groups is 2. The Morgan fingerprint density at radius 3 is 2.64 bits per heavy atom. The number of ether oxygens (including phenoxy) is 1. The van der Waals surface area contributed by atoms with Crippen molar-refractivity contribution in [2.24, 2.45) is 0 Å². The lowest BCUT2D eigenvalue weighted by Gasteiger charge is -2.05. The third-order valence-corrected chi connectivity index (χ3v) is 4.91. The van der Waals surface area contributed by atoms with Gasteiger partial charge >= 0.3 is 5.97 Å². The summed E-state index contributed by atoms with van der Waals surface area (Å²) in [4.78, 5) is 28.0. The fourth-order valence-corrected chi connectivity index (χ4v) is 3.45. The van der Waals surface area contributed by atoms with Crippen LogP contribution < -0.4 is 5.32 Å². The number of nitrogens with one attached hydrogen (secondary N) is 1. The normalized spacial score (nSPS) is 10.1. The van der Waals surface area contributed by atoms with Gasteiger partial charge in [-0.15, -0.1) is 11.3 Å². The largest absolute Gasteiger partial charge is 0.456 e. The number of anilines is 1. The van der Waals surface area contributed by atoms with Crippen LogP contribution >= 0.6 is 22.9 Å². The summed E-state index contributed by atoms with van der Waals surface area (Å²) in [6, 6.07) is 15.4. The second-order valence-electron chi connectivity index (χ2n) is 5.66. The Morgan fingerprint density at radius 2 is 1.93 bits per heavy atom. The highest BCUT2D eigenvalue weighted by Gasteiger charge is 2.12. The van der Waals surface area contributed by atoms with E-state index in [0.29, 0.717) is 22.0 Å². The Morgan fingerprint density at radius 1 is 1.18 bits per heavy atom. The molecule has 3 rings (SSSR count). The van der Waals surface area contributed by atoms with Gasteiger partial charge in [-0.25, -0.2) is 9.78 Å². The van der Waals surface area contributed by atoms with Gasteiger partial charge in [0.25, 0.3) is 0 Å². The SMILES string of the molecule is N#CCC(=O)Nc1ccc(C(=O)OCc2csc(-c3ccccc3Cl)n2)cc1. The maximum Gasteiger partial charge on any atom is 0.338 e. The molecule has 8 heteroatoms. The molecule has 0 atom stereocenters. The number of carbonyl (C=O) groups excluding carboxylic acids is 2. The van der Waals surface area contributed by atoms with E-state index in [-0.39, 0.29) is 13.0 Å². The lowest BCUT2D eigenvalue weighted by Crippen LogP contribution is -2.10. The van der Waals surface area contributed by atoms with Crippen molar-refractivity contribution in [2.45, 2.75) is 13.0 Å². The highest BCUT2D eigenvalue weighted by Crippen LogP contribution is 2.30. The summed E-state index contributed by atoms with van der Waals surface area (Å²) in [7, 11) is 0. The number of halogens is 1. The maximum atomic E-state index is 12.2. The van der Waals surface area contributed by atoms with Gasteiger partial charge in [-0.3, -0.25) is 4.79 Å². The molecular formula is C20H14ClN3O3S. The number of esters is 1. The van der Waals surface area contributed by atoms with Crippen molar-refractivity contribution >= 4 is 40.5 Å². The van der Waals surface area contributed by atoms with Crippen LogP contribution in [0.15, 0.2) is 53.9 Å². The number of amides is 1. The molecule has 0 unspecified atom stereocenters. The van der Waals surface area contributed by atoms with Gasteiger partial charge in [0, 0.05) is 16.6 Å². The first-order valence-corrected chi connectivity index (χ1v) is 9.46.